The molecule has 0 N–H and O–H groups in total. The molecule has 0 aliphatic carbocycles. The van der Waals surface area contributed by atoms with Crippen LogP contribution in [0.25, 0.3) is 0 Å². The summed E-state index contributed by atoms with van der Waals surface area (Å²) in [7, 11) is 0. The maximum atomic E-state index is 10.2. The van der Waals surface area contributed by atoms with Gasteiger partial charge in [0, 0.05) is 30.5 Å². The van der Waals surface area contributed by atoms with Crippen molar-refractivity contribution in [1.82, 2.24) is 0 Å². The molecule has 0 fully saturated rings. The van der Waals surface area contributed by atoms with Crippen molar-refractivity contribution in [1.29, 1.82) is 0 Å². The smallest absolute Gasteiger partial charge is 0.204 e. The van der Waals surface area contributed by atoms with Crippen molar-refractivity contribution in [2.75, 3.05) is 13.1 Å². The van der Waals surface area contributed by atoms with Crippen molar-refractivity contribution in [3.05, 3.63) is 52.1 Å². The number of hydrogen-bond acceptors (Lipinski definition) is 2. The highest BCUT2D eigenvalue weighted by Gasteiger charge is 2.07. The first-order valence-corrected chi connectivity index (χ1v) is 5.89. The summed E-state index contributed by atoms with van der Waals surface area (Å²) in [6, 6.07) is 8.32. The molecule has 1 aliphatic rings. The molecule has 0 atom stereocenters. The van der Waals surface area contributed by atoms with Crippen LogP contribution in [0.4, 0.5) is 0 Å². The molecule has 0 bridgehead atoms. The van der Waals surface area contributed by atoms with Crippen molar-refractivity contribution in [2.45, 2.75) is 19.3 Å². The SMILES string of the molecule is O=[N+]([O-])CCCC[N+]1=Cc2ccccc2C[CH-]1. The van der Waals surface area contributed by atoms with Crippen LogP contribution in [-0.4, -0.2) is 28.8 Å². The number of rotatable bonds is 5. The molecule has 0 radical (unpaired) electrons. The minimum absolute atomic E-state index is 0.0738. The lowest BCUT2D eigenvalue weighted by Gasteiger charge is -2.19. The van der Waals surface area contributed by atoms with Gasteiger partial charge < -0.3 is 4.58 Å². The van der Waals surface area contributed by atoms with E-state index in [0.29, 0.717) is 6.42 Å². The molecular formula is C13H16N2O2. The summed E-state index contributed by atoms with van der Waals surface area (Å²) in [5.41, 5.74) is 2.60. The second kappa shape index (κ2) is 5.48. The van der Waals surface area contributed by atoms with E-state index in [4.69, 9.17) is 0 Å². The fraction of sp³-hybridized carbons (Fsp3) is 0.385. The third kappa shape index (κ3) is 3.31. The van der Waals surface area contributed by atoms with Crippen LogP contribution in [0, 0.1) is 16.7 Å². The molecule has 1 heterocycles. The molecule has 0 aromatic heterocycles. The van der Waals surface area contributed by atoms with Crippen LogP contribution in [0.5, 0.6) is 0 Å². The topological polar surface area (TPSA) is 46.1 Å². The Morgan fingerprint density at radius 1 is 1.35 bits per heavy atom. The summed E-state index contributed by atoms with van der Waals surface area (Å²) in [6.45, 7) is 3.08. The van der Waals surface area contributed by atoms with Gasteiger partial charge in [0.25, 0.3) is 0 Å². The van der Waals surface area contributed by atoms with Crippen molar-refractivity contribution < 1.29 is 9.50 Å². The quantitative estimate of drug-likeness (QED) is 0.256. The van der Waals surface area contributed by atoms with Crippen LogP contribution >= 0.6 is 0 Å². The monoisotopic (exact) mass is 232 g/mol. The van der Waals surface area contributed by atoms with Gasteiger partial charge >= 0.3 is 0 Å². The Bertz CT molecular complexity index is 441. The van der Waals surface area contributed by atoms with E-state index in [2.05, 4.69) is 29.5 Å². The second-order valence-corrected chi connectivity index (χ2v) is 4.22. The average Bonchev–Trinajstić information content (AvgIpc) is 2.34. The highest BCUT2D eigenvalue weighted by Crippen LogP contribution is 2.13. The molecule has 1 aromatic rings. The number of nitro groups is 1. The molecule has 1 aromatic carbocycles. The number of benzene rings is 1. The van der Waals surface area contributed by atoms with Crippen LogP contribution in [-0.2, 0) is 6.42 Å². The summed E-state index contributed by atoms with van der Waals surface area (Å²) in [4.78, 5) is 9.94. The number of fused-ring (bicyclic) bond motifs is 1. The van der Waals surface area contributed by atoms with E-state index in [1.165, 1.54) is 11.1 Å². The Morgan fingerprint density at radius 3 is 3.00 bits per heavy atom. The summed E-state index contributed by atoms with van der Waals surface area (Å²) in [5, 5.41) is 10.2. The van der Waals surface area contributed by atoms with E-state index in [0.717, 1.165) is 19.4 Å². The maximum Gasteiger partial charge on any atom is 0.204 e. The Morgan fingerprint density at radius 2 is 2.18 bits per heavy atom. The molecule has 0 saturated carbocycles. The number of hydrogen-bond donors (Lipinski definition) is 0. The molecule has 90 valence electrons. The second-order valence-electron chi connectivity index (χ2n) is 4.22. The van der Waals surface area contributed by atoms with Gasteiger partial charge in [0.05, 0.1) is 0 Å². The first-order valence-electron chi connectivity index (χ1n) is 5.89. The number of unbranched alkanes of at least 4 members (excludes halogenated alkanes) is 1. The highest BCUT2D eigenvalue weighted by atomic mass is 16.6. The third-order valence-electron chi connectivity index (χ3n) is 2.91. The molecule has 2 rings (SSSR count). The normalized spacial score (nSPS) is 13.5. The van der Waals surface area contributed by atoms with Gasteiger partial charge in [-0.25, -0.2) is 0 Å². The molecule has 0 unspecified atom stereocenters. The summed E-state index contributed by atoms with van der Waals surface area (Å²) >= 11 is 0. The lowest BCUT2D eigenvalue weighted by Crippen LogP contribution is -2.19. The van der Waals surface area contributed by atoms with Gasteiger partial charge in [-0.15, -0.1) is 0 Å². The van der Waals surface area contributed by atoms with Crippen LogP contribution in [0.3, 0.4) is 0 Å². The van der Waals surface area contributed by atoms with Gasteiger partial charge in [-0.2, -0.15) is 0 Å². The van der Waals surface area contributed by atoms with Gasteiger partial charge in [0.1, 0.15) is 6.54 Å². The lowest BCUT2D eigenvalue weighted by molar-refractivity contribution is -0.495. The van der Waals surface area contributed by atoms with Crippen molar-refractivity contribution in [3.63, 3.8) is 0 Å². The highest BCUT2D eigenvalue weighted by molar-refractivity contribution is 5.78. The average molecular weight is 232 g/mol. The van der Waals surface area contributed by atoms with Crippen molar-refractivity contribution in [3.8, 4) is 0 Å². The van der Waals surface area contributed by atoms with Crippen LogP contribution in [0.15, 0.2) is 24.3 Å². The number of nitrogens with zero attached hydrogens (tertiary/aromatic N) is 2. The maximum absolute atomic E-state index is 10.2. The minimum atomic E-state index is -0.251. The van der Waals surface area contributed by atoms with E-state index >= 15 is 0 Å². The third-order valence-corrected chi connectivity index (χ3v) is 2.91. The van der Waals surface area contributed by atoms with E-state index in [-0.39, 0.29) is 11.5 Å². The Kier molecular flexibility index (Phi) is 3.75. The van der Waals surface area contributed by atoms with Gasteiger partial charge in [-0.3, -0.25) is 10.1 Å². The predicted octanol–water partition coefficient (Wildman–Crippen LogP) is 1.89. The van der Waals surface area contributed by atoms with Crippen LogP contribution < -0.4 is 0 Å². The molecule has 0 spiro atoms. The Hall–Kier alpha value is -1.84. The lowest BCUT2D eigenvalue weighted by atomic mass is 10.0. The predicted molar refractivity (Wildman–Crippen MR) is 65.8 cm³/mol. The molecule has 4 heteroatoms. The van der Waals surface area contributed by atoms with Crippen molar-refractivity contribution >= 4 is 6.21 Å². The molecule has 17 heavy (non-hydrogen) atoms. The zero-order valence-corrected chi connectivity index (χ0v) is 9.71. The molecule has 0 amide bonds. The molecule has 1 aliphatic heterocycles. The molecular weight excluding hydrogens is 216 g/mol. The Labute approximate surface area is 101 Å². The largest absolute Gasteiger partial charge is 0.365 e. The summed E-state index contributed by atoms with van der Waals surface area (Å²) in [6.07, 6.45) is 4.57. The summed E-state index contributed by atoms with van der Waals surface area (Å²) in [5.74, 6) is 0. The molecule has 4 nitrogen and oxygen atoms in total. The van der Waals surface area contributed by atoms with Crippen molar-refractivity contribution in [2.24, 2.45) is 0 Å². The zero-order valence-electron chi connectivity index (χ0n) is 9.71. The van der Waals surface area contributed by atoms with E-state index in [9.17, 15) is 10.1 Å². The van der Waals surface area contributed by atoms with Gasteiger partial charge in [0.2, 0.25) is 6.54 Å². The first kappa shape index (κ1) is 11.6. The van der Waals surface area contributed by atoms with Crippen LogP contribution in [0.2, 0.25) is 0 Å². The zero-order chi connectivity index (χ0) is 12.1. The van der Waals surface area contributed by atoms with E-state index in [1.807, 2.05) is 12.1 Å². The van der Waals surface area contributed by atoms with E-state index in [1.54, 1.807) is 0 Å². The van der Waals surface area contributed by atoms with E-state index < -0.39 is 0 Å². The standard InChI is InChI=1S/C13H16N2O2/c16-15(17)9-4-3-8-14-10-7-12-5-1-2-6-13(12)11-14/h1-2,5-6,10-11H,3-4,7-9H2. The summed E-state index contributed by atoms with van der Waals surface area (Å²) < 4.78 is 2.14. The fourth-order valence-electron chi connectivity index (χ4n) is 1.98. The van der Waals surface area contributed by atoms with Gasteiger partial charge in [-0.1, -0.05) is 29.8 Å². The van der Waals surface area contributed by atoms with Gasteiger partial charge in [0.15, 0.2) is 0 Å². The van der Waals surface area contributed by atoms with Gasteiger partial charge in [-0.05, 0) is 12.0 Å². The minimum Gasteiger partial charge on any atom is -0.365 e. The fourth-order valence-corrected chi connectivity index (χ4v) is 1.98. The molecule has 0 saturated heterocycles. The first-order chi connectivity index (χ1) is 8.25. The Balaban J connectivity index is 1.87. The van der Waals surface area contributed by atoms with Crippen LogP contribution in [0.1, 0.15) is 24.0 Å².